The fourth-order valence-corrected chi connectivity index (χ4v) is 2.41. The highest BCUT2D eigenvalue weighted by Crippen LogP contribution is 2.28. The van der Waals surface area contributed by atoms with Gasteiger partial charge in [-0.05, 0) is 57.9 Å². The molecule has 20 heavy (non-hydrogen) atoms. The summed E-state index contributed by atoms with van der Waals surface area (Å²) in [5.74, 6) is -0.480. The molecule has 102 valence electrons. The molecule has 2 aromatic carbocycles. The first-order chi connectivity index (χ1) is 9.49. The predicted octanol–water partition coefficient (Wildman–Crippen LogP) is 5.57. The SMILES string of the molecule is N#CC(Nc1ccc(Cl)c(Br)c1)c1cc(F)cc(Cl)c1. The van der Waals surface area contributed by atoms with E-state index >= 15 is 0 Å². The molecule has 6 heteroatoms. The first kappa shape index (κ1) is 15.1. The molecule has 0 saturated carbocycles. The van der Waals surface area contributed by atoms with Gasteiger partial charge in [0.25, 0.3) is 0 Å². The Kier molecular flexibility index (Phi) is 4.87. The van der Waals surface area contributed by atoms with E-state index in [4.69, 9.17) is 23.2 Å². The summed E-state index contributed by atoms with van der Waals surface area (Å²) in [6, 6.07) is 10.6. The molecule has 0 spiro atoms. The zero-order chi connectivity index (χ0) is 14.7. The van der Waals surface area contributed by atoms with Gasteiger partial charge in [0.1, 0.15) is 11.9 Å². The number of hydrogen-bond donors (Lipinski definition) is 1. The smallest absolute Gasteiger partial charge is 0.140 e. The summed E-state index contributed by atoms with van der Waals surface area (Å²) in [6.45, 7) is 0. The van der Waals surface area contributed by atoms with Crippen LogP contribution >= 0.6 is 39.1 Å². The van der Waals surface area contributed by atoms with Crippen LogP contribution in [0.15, 0.2) is 40.9 Å². The second kappa shape index (κ2) is 6.45. The number of nitriles is 1. The first-order valence-electron chi connectivity index (χ1n) is 5.57. The Hall–Kier alpha value is -1.28. The third kappa shape index (κ3) is 3.63. The summed E-state index contributed by atoms with van der Waals surface area (Å²) in [7, 11) is 0. The molecular weight excluding hydrogens is 366 g/mol. The van der Waals surface area contributed by atoms with E-state index in [2.05, 4.69) is 27.3 Å². The van der Waals surface area contributed by atoms with E-state index < -0.39 is 11.9 Å². The van der Waals surface area contributed by atoms with Crippen LogP contribution in [0.5, 0.6) is 0 Å². The Labute approximate surface area is 134 Å². The van der Waals surface area contributed by atoms with Gasteiger partial charge in [0, 0.05) is 15.2 Å². The van der Waals surface area contributed by atoms with Crippen molar-refractivity contribution >= 4 is 44.8 Å². The highest BCUT2D eigenvalue weighted by molar-refractivity contribution is 9.10. The third-order valence-electron chi connectivity index (χ3n) is 2.58. The van der Waals surface area contributed by atoms with Gasteiger partial charge >= 0.3 is 0 Å². The highest BCUT2D eigenvalue weighted by Gasteiger charge is 2.13. The van der Waals surface area contributed by atoms with Crippen molar-refractivity contribution in [1.82, 2.24) is 0 Å². The molecule has 1 unspecified atom stereocenters. The number of hydrogen-bond acceptors (Lipinski definition) is 2. The minimum Gasteiger partial charge on any atom is -0.366 e. The van der Waals surface area contributed by atoms with Gasteiger partial charge in [0.2, 0.25) is 0 Å². The molecule has 0 heterocycles. The summed E-state index contributed by atoms with van der Waals surface area (Å²) in [6.07, 6.45) is 0. The summed E-state index contributed by atoms with van der Waals surface area (Å²) < 4.78 is 14.0. The van der Waals surface area contributed by atoms with Gasteiger partial charge in [0.05, 0.1) is 11.1 Å². The van der Waals surface area contributed by atoms with Crippen molar-refractivity contribution in [3.8, 4) is 6.07 Å². The van der Waals surface area contributed by atoms with Gasteiger partial charge < -0.3 is 5.32 Å². The van der Waals surface area contributed by atoms with Crippen LogP contribution in [-0.2, 0) is 0 Å². The average Bonchev–Trinajstić information content (AvgIpc) is 2.38. The van der Waals surface area contributed by atoms with Crippen LogP contribution in [-0.4, -0.2) is 0 Å². The zero-order valence-electron chi connectivity index (χ0n) is 10.0. The normalized spacial score (nSPS) is 11.8. The second-order valence-corrected chi connectivity index (χ2v) is 5.74. The maximum atomic E-state index is 13.3. The van der Waals surface area contributed by atoms with Gasteiger partial charge in [-0.3, -0.25) is 0 Å². The Morgan fingerprint density at radius 2 is 1.95 bits per heavy atom. The van der Waals surface area contributed by atoms with Crippen LogP contribution in [0.3, 0.4) is 0 Å². The molecule has 0 aliphatic rings. The van der Waals surface area contributed by atoms with E-state index in [9.17, 15) is 9.65 Å². The lowest BCUT2D eigenvalue weighted by Gasteiger charge is -2.14. The molecule has 2 rings (SSSR count). The molecule has 1 N–H and O–H groups in total. The van der Waals surface area contributed by atoms with Crippen LogP contribution in [0.4, 0.5) is 10.1 Å². The van der Waals surface area contributed by atoms with E-state index in [-0.39, 0.29) is 5.02 Å². The third-order valence-corrected chi connectivity index (χ3v) is 4.01. The molecule has 0 aromatic heterocycles. The lowest BCUT2D eigenvalue weighted by molar-refractivity contribution is 0.625. The summed E-state index contributed by atoms with van der Waals surface area (Å²) in [5, 5.41) is 13.0. The summed E-state index contributed by atoms with van der Waals surface area (Å²) >= 11 is 15.0. The minimum absolute atomic E-state index is 0.249. The monoisotopic (exact) mass is 372 g/mol. The molecule has 0 radical (unpaired) electrons. The highest BCUT2D eigenvalue weighted by atomic mass is 79.9. The Bertz CT molecular complexity index is 665. The molecular formula is C14H8BrCl2FN2. The number of nitrogens with one attached hydrogen (secondary N) is 1. The molecule has 0 amide bonds. The maximum absolute atomic E-state index is 13.3. The van der Waals surface area contributed by atoms with Crippen molar-refractivity contribution in [2.24, 2.45) is 0 Å². The molecule has 2 aromatic rings. The van der Waals surface area contributed by atoms with Crippen LogP contribution in [0.2, 0.25) is 10.0 Å². The minimum atomic E-state index is -0.712. The van der Waals surface area contributed by atoms with E-state index in [1.165, 1.54) is 12.1 Å². The van der Waals surface area contributed by atoms with Gasteiger partial charge in [0.15, 0.2) is 0 Å². The van der Waals surface area contributed by atoms with Gasteiger partial charge in [-0.2, -0.15) is 5.26 Å². The number of anilines is 1. The molecule has 0 fully saturated rings. The molecule has 0 aliphatic heterocycles. The van der Waals surface area contributed by atoms with Crippen molar-refractivity contribution in [1.29, 1.82) is 5.26 Å². The molecule has 1 atom stereocenters. The molecule has 0 saturated heterocycles. The van der Waals surface area contributed by atoms with E-state index in [0.717, 1.165) is 0 Å². The fourth-order valence-electron chi connectivity index (χ4n) is 1.68. The molecule has 0 aliphatic carbocycles. The van der Waals surface area contributed by atoms with Crippen LogP contribution in [0, 0.1) is 17.1 Å². The summed E-state index contributed by atoms with van der Waals surface area (Å²) in [4.78, 5) is 0. The number of halogens is 4. The lowest BCUT2D eigenvalue weighted by atomic mass is 10.1. The fraction of sp³-hybridized carbons (Fsp3) is 0.0714. The van der Waals surface area contributed by atoms with E-state index in [1.54, 1.807) is 24.3 Å². The number of nitrogens with zero attached hydrogens (tertiary/aromatic N) is 1. The second-order valence-electron chi connectivity index (χ2n) is 4.04. The predicted molar refractivity (Wildman–Crippen MR) is 82.5 cm³/mol. The largest absolute Gasteiger partial charge is 0.366 e. The Morgan fingerprint density at radius 1 is 1.20 bits per heavy atom. The Balaban J connectivity index is 2.29. The molecule has 2 nitrogen and oxygen atoms in total. The number of rotatable bonds is 3. The Morgan fingerprint density at radius 3 is 2.55 bits per heavy atom. The van der Waals surface area contributed by atoms with Crippen molar-refractivity contribution in [2.75, 3.05) is 5.32 Å². The maximum Gasteiger partial charge on any atom is 0.140 e. The van der Waals surface area contributed by atoms with Gasteiger partial charge in [-0.15, -0.1) is 0 Å². The average molecular weight is 374 g/mol. The van der Waals surface area contributed by atoms with Crippen LogP contribution < -0.4 is 5.32 Å². The van der Waals surface area contributed by atoms with Crippen molar-refractivity contribution in [2.45, 2.75) is 6.04 Å². The van der Waals surface area contributed by atoms with Gasteiger partial charge in [-0.1, -0.05) is 23.2 Å². The standard InChI is InChI=1S/C14H8BrCl2FN2/c15-12-6-11(1-2-13(12)17)20-14(7-19)8-3-9(16)5-10(18)4-8/h1-6,14,20H. The number of benzene rings is 2. The van der Waals surface area contributed by atoms with Crippen molar-refractivity contribution in [3.05, 3.63) is 62.3 Å². The topological polar surface area (TPSA) is 35.8 Å². The van der Waals surface area contributed by atoms with Gasteiger partial charge in [-0.25, -0.2) is 4.39 Å². The summed E-state index contributed by atoms with van der Waals surface area (Å²) in [5.41, 5.74) is 1.15. The van der Waals surface area contributed by atoms with Crippen LogP contribution in [0.1, 0.15) is 11.6 Å². The first-order valence-corrected chi connectivity index (χ1v) is 7.11. The van der Waals surface area contributed by atoms with Crippen molar-refractivity contribution in [3.63, 3.8) is 0 Å². The molecule has 0 bridgehead atoms. The van der Waals surface area contributed by atoms with Crippen LogP contribution in [0.25, 0.3) is 0 Å². The van der Waals surface area contributed by atoms with E-state index in [0.29, 0.717) is 20.7 Å². The zero-order valence-corrected chi connectivity index (χ0v) is 13.1. The van der Waals surface area contributed by atoms with Crippen molar-refractivity contribution < 1.29 is 4.39 Å². The quantitative estimate of drug-likeness (QED) is 0.763. The van der Waals surface area contributed by atoms with E-state index in [1.807, 2.05) is 0 Å². The lowest BCUT2D eigenvalue weighted by Crippen LogP contribution is -2.08.